The molecule has 0 bridgehead atoms. The van der Waals surface area contributed by atoms with E-state index in [0.29, 0.717) is 70.4 Å². The van der Waals surface area contributed by atoms with Gasteiger partial charge in [-0.3, -0.25) is 4.79 Å². The fourth-order valence-corrected chi connectivity index (χ4v) is 6.82. The number of carbonyl (C=O) groups excluding carboxylic acids is 1. The Balaban J connectivity index is 1.17. The van der Waals surface area contributed by atoms with E-state index in [1.165, 1.54) is 17.4 Å². The Kier molecular flexibility index (Phi) is 5.81. The summed E-state index contributed by atoms with van der Waals surface area (Å²) >= 11 is 1.25. The number of nitrogens with two attached hydrogens (primary N) is 2. The van der Waals surface area contributed by atoms with Crippen LogP contribution in [0.25, 0.3) is 10.2 Å². The fraction of sp³-hybridized carbons (Fsp3) is 0.520. The highest BCUT2D eigenvalue weighted by Gasteiger charge is 2.46. The van der Waals surface area contributed by atoms with Gasteiger partial charge in [0.15, 0.2) is 0 Å². The standard InChI is InChI=1S/C25H30FN7O2S/c1-13-29-9-16-21(28)22(36-24(16)30-13)23(34)31-14-3-4-18-15(7-14)17(26)8-20(32-18)33-10-19(27)25(11-33)5-2-6-35-12-25/h8-9,14,19H,2-7,10-12,27-28H2,1H3,(H,31,34). The molecule has 0 aromatic carbocycles. The largest absolute Gasteiger partial charge is 0.397 e. The molecule has 1 amide bonds. The summed E-state index contributed by atoms with van der Waals surface area (Å²) < 4.78 is 21.1. The predicted molar refractivity (Wildman–Crippen MR) is 137 cm³/mol. The van der Waals surface area contributed by atoms with E-state index in [0.717, 1.165) is 31.7 Å². The fourth-order valence-electron chi connectivity index (χ4n) is 5.81. The number of hydrogen-bond acceptors (Lipinski definition) is 9. The molecule has 5 N–H and O–H groups in total. The Labute approximate surface area is 212 Å². The van der Waals surface area contributed by atoms with Crippen LogP contribution in [0.1, 0.15) is 46.0 Å². The molecule has 3 atom stereocenters. The molecule has 6 rings (SSSR count). The number of nitrogens with one attached hydrogen (secondary N) is 1. The highest BCUT2D eigenvalue weighted by molar-refractivity contribution is 7.21. The molecule has 3 aromatic heterocycles. The summed E-state index contributed by atoms with van der Waals surface area (Å²) in [6.07, 6.45) is 5.32. The normalized spacial score (nSPS) is 25.9. The van der Waals surface area contributed by atoms with Crippen molar-refractivity contribution in [2.75, 3.05) is 36.9 Å². The quantitative estimate of drug-likeness (QED) is 0.488. The number of rotatable bonds is 3. The Bertz CT molecular complexity index is 1340. The summed E-state index contributed by atoms with van der Waals surface area (Å²) in [5.41, 5.74) is 14.3. The molecule has 0 radical (unpaired) electrons. The minimum absolute atomic E-state index is 0.0190. The van der Waals surface area contributed by atoms with Crippen molar-refractivity contribution in [3.8, 4) is 0 Å². The van der Waals surface area contributed by atoms with E-state index in [2.05, 4.69) is 20.2 Å². The number of amides is 1. The number of nitrogens with zero attached hydrogens (tertiary/aromatic N) is 4. The summed E-state index contributed by atoms with van der Waals surface area (Å²) in [5, 5.41) is 3.72. The first-order chi connectivity index (χ1) is 17.3. The number of pyridine rings is 1. The average molecular weight is 512 g/mol. The number of ether oxygens (including phenoxy) is 1. The molecule has 36 heavy (non-hydrogen) atoms. The second-order valence-electron chi connectivity index (χ2n) is 10.3. The van der Waals surface area contributed by atoms with Gasteiger partial charge in [-0.25, -0.2) is 19.3 Å². The molecule has 2 fully saturated rings. The molecular weight excluding hydrogens is 481 g/mol. The van der Waals surface area contributed by atoms with Gasteiger partial charge in [0.1, 0.15) is 27.2 Å². The van der Waals surface area contributed by atoms with Crippen LogP contribution in [-0.2, 0) is 17.6 Å². The minimum Gasteiger partial charge on any atom is -0.397 e. The molecule has 9 nitrogen and oxygen atoms in total. The van der Waals surface area contributed by atoms with Gasteiger partial charge in [0.05, 0.1) is 17.7 Å². The van der Waals surface area contributed by atoms with E-state index in [-0.39, 0.29) is 29.2 Å². The number of hydrogen-bond donors (Lipinski definition) is 3. The molecule has 0 saturated carbocycles. The summed E-state index contributed by atoms with van der Waals surface area (Å²) in [7, 11) is 0. The third-order valence-electron chi connectivity index (χ3n) is 7.86. The predicted octanol–water partition coefficient (Wildman–Crippen LogP) is 2.35. The molecular formula is C25H30FN7O2S. The minimum atomic E-state index is -0.282. The van der Waals surface area contributed by atoms with Crippen molar-refractivity contribution >= 4 is 39.0 Å². The van der Waals surface area contributed by atoms with Gasteiger partial charge in [0, 0.05) is 60.7 Å². The second kappa shape index (κ2) is 8.89. The van der Waals surface area contributed by atoms with Gasteiger partial charge in [0.2, 0.25) is 0 Å². The Morgan fingerprint density at radius 3 is 3.06 bits per heavy atom. The maximum absolute atomic E-state index is 15.3. The molecule has 190 valence electrons. The van der Waals surface area contributed by atoms with Gasteiger partial charge in [-0.05, 0) is 39.0 Å². The van der Waals surface area contributed by atoms with Gasteiger partial charge >= 0.3 is 0 Å². The van der Waals surface area contributed by atoms with E-state index in [9.17, 15) is 4.79 Å². The maximum atomic E-state index is 15.3. The molecule has 2 saturated heterocycles. The lowest BCUT2D eigenvalue weighted by molar-refractivity contribution is -0.00345. The van der Waals surface area contributed by atoms with E-state index in [1.54, 1.807) is 13.1 Å². The van der Waals surface area contributed by atoms with Crippen LogP contribution in [0.5, 0.6) is 0 Å². The Morgan fingerprint density at radius 2 is 2.25 bits per heavy atom. The van der Waals surface area contributed by atoms with Crippen molar-refractivity contribution in [2.24, 2.45) is 11.1 Å². The molecule has 5 heterocycles. The number of nitrogen functional groups attached to an aromatic ring is 1. The third-order valence-corrected chi connectivity index (χ3v) is 8.97. The molecule has 11 heteroatoms. The van der Waals surface area contributed by atoms with Crippen LogP contribution in [0.3, 0.4) is 0 Å². The molecule has 3 unspecified atom stereocenters. The lowest BCUT2D eigenvalue weighted by Crippen LogP contribution is -2.46. The number of fused-ring (bicyclic) bond motifs is 2. The van der Waals surface area contributed by atoms with E-state index in [4.69, 9.17) is 21.2 Å². The van der Waals surface area contributed by atoms with Gasteiger partial charge in [0.25, 0.3) is 5.91 Å². The zero-order valence-electron chi connectivity index (χ0n) is 20.2. The number of anilines is 2. The highest BCUT2D eigenvalue weighted by Crippen LogP contribution is 2.39. The van der Waals surface area contributed by atoms with Crippen molar-refractivity contribution < 1.29 is 13.9 Å². The van der Waals surface area contributed by atoms with Crippen molar-refractivity contribution in [2.45, 2.75) is 51.1 Å². The van der Waals surface area contributed by atoms with Crippen LogP contribution in [0.15, 0.2) is 12.3 Å². The lowest BCUT2D eigenvalue weighted by Gasteiger charge is -2.36. The molecule has 1 aliphatic carbocycles. The van der Waals surface area contributed by atoms with Crippen LogP contribution in [-0.4, -0.2) is 59.2 Å². The van der Waals surface area contributed by atoms with Crippen LogP contribution in [0, 0.1) is 18.2 Å². The summed E-state index contributed by atoms with van der Waals surface area (Å²) in [4.78, 5) is 29.6. The first-order valence-electron chi connectivity index (χ1n) is 12.4. The summed E-state index contributed by atoms with van der Waals surface area (Å²) in [6, 6.07) is 1.30. The number of aryl methyl sites for hydroxylation is 2. The summed E-state index contributed by atoms with van der Waals surface area (Å²) in [5.74, 6) is 0.717. The van der Waals surface area contributed by atoms with Gasteiger partial charge in [-0.15, -0.1) is 11.3 Å². The topological polar surface area (TPSA) is 132 Å². The Morgan fingerprint density at radius 1 is 1.39 bits per heavy atom. The molecule has 3 aliphatic rings. The highest BCUT2D eigenvalue weighted by atomic mass is 32.1. The molecule has 2 aliphatic heterocycles. The zero-order chi connectivity index (χ0) is 25.0. The van der Waals surface area contributed by atoms with Crippen molar-refractivity contribution in [3.63, 3.8) is 0 Å². The first kappa shape index (κ1) is 23.5. The third kappa shape index (κ3) is 3.99. The van der Waals surface area contributed by atoms with E-state index < -0.39 is 0 Å². The van der Waals surface area contributed by atoms with Gasteiger partial charge in [-0.1, -0.05) is 0 Å². The van der Waals surface area contributed by atoms with Crippen LogP contribution >= 0.6 is 11.3 Å². The lowest BCUT2D eigenvalue weighted by atomic mass is 9.79. The maximum Gasteiger partial charge on any atom is 0.263 e. The van der Waals surface area contributed by atoms with Crippen molar-refractivity contribution in [1.82, 2.24) is 20.3 Å². The molecule has 3 aromatic rings. The zero-order valence-corrected chi connectivity index (χ0v) is 21.0. The van der Waals surface area contributed by atoms with Crippen LogP contribution in [0.4, 0.5) is 15.9 Å². The van der Waals surface area contributed by atoms with E-state index in [1.807, 2.05) is 0 Å². The molecule has 1 spiro atoms. The van der Waals surface area contributed by atoms with Crippen molar-refractivity contribution in [3.05, 3.63) is 40.0 Å². The SMILES string of the molecule is Cc1ncc2c(N)c(C(=O)NC3CCc4nc(N5CC(N)C6(CCCOC6)C5)cc(F)c4C3)sc2n1. The number of aromatic nitrogens is 3. The number of thiophene rings is 1. The second-order valence-corrected chi connectivity index (χ2v) is 11.3. The van der Waals surface area contributed by atoms with Gasteiger partial charge in [-0.2, -0.15) is 0 Å². The van der Waals surface area contributed by atoms with E-state index >= 15 is 4.39 Å². The number of halogens is 1. The van der Waals surface area contributed by atoms with Crippen LogP contribution < -0.4 is 21.7 Å². The smallest absolute Gasteiger partial charge is 0.263 e. The van der Waals surface area contributed by atoms with Gasteiger partial charge < -0.3 is 26.4 Å². The monoisotopic (exact) mass is 511 g/mol. The van der Waals surface area contributed by atoms with Crippen molar-refractivity contribution in [1.29, 1.82) is 0 Å². The van der Waals surface area contributed by atoms with Crippen LogP contribution in [0.2, 0.25) is 0 Å². The first-order valence-corrected chi connectivity index (χ1v) is 13.2. The Hall–Kier alpha value is -2.89. The average Bonchev–Trinajstić information content (AvgIpc) is 3.36. The number of carbonyl (C=O) groups is 1. The summed E-state index contributed by atoms with van der Waals surface area (Å²) in [6.45, 7) is 4.60.